The third kappa shape index (κ3) is 4.86. The van der Waals surface area contributed by atoms with Gasteiger partial charge in [-0.2, -0.15) is 18.3 Å². The smallest absolute Gasteiger partial charge is 0.313 e. The van der Waals surface area contributed by atoms with E-state index in [1.165, 1.54) is 0 Å². The molecule has 2 aromatic rings. The molecular weight excluding hydrogens is 286 g/mol. The van der Waals surface area contributed by atoms with Crippen LogP contribution in [0.25, 0.3) is 0 Å². The van der Waals surface area contributed by atoms with Crippen molar-refractivity contribution in [3.63, 3.8) is 0 Å². The van der Waals surface area contributed by atoms with Gasteiger partial charge in [-0.25, -0.2) is 4.39 Å². The van der Waals surface area contributed by atoms with Crippen molar-refractivity contribution in [1.29, 1.82) is 0 Å². The predicted octanol–water partition coefficient (Wildman–Crippen LogP) is 3.22. The van der Waals surface area contributed by atoms with E-state index < -0.39 is 17.6 Å². The molecule has 0 aliphatic heterocycles. The molecule has 21 heavy (non-hydrogen) atoms. The van der Waals surface area contributed by atoms with E-state index in [0.717, 1.165) is 25.1 Å². The third-order valence-corrected chi connectivity index (χ3v) is 2.91. The molecule has 7 heteroatoms. The number of aryl methyl sites for hydroxylation is 1. The molecule has 0 radical (unpaired) electrons. The summed E-state index contributed by atoms with van der Waals surface area (Å²) in [6.45, 7) is 1.52. The second-order valence-corrected chi connectivity index (χ2v) is 4.65. The molecule has 114 valence electrons. The van der Waals surface area contributed by atoms with Gasteiger partial charge in [0.05, 0.1) is 5.56 Å². The van der Waals surface area contributed by atoms with Crippen LogP contribution in [0.15, 0.2) is 36.7 Å². The molecule has 0 aliphatic rings. The maximum atomic E-state index is 13.2. The maximum Gasteiger partial charge on any atom is 0.416 e. The lowest BCUT2D eigenvalue weighted by molar-refractivity contribution is -0.137. The van der Waals surface area contributed by atoms with E-state index in [0.29, 0.717) is 12.6 Å². The predicted molar refractivity (Wildman–Crippen MR) is 70.0 cm³/mol. The minimum absolute atomic E-state index is 0.194. The van der Waals surface area contributed by atoms with Crippen molar-refractivity contribution in [1.82, 2.24) is 15.1 Å². The van der Waals surface area contributed by atoms with E-state index in [-0.39, 0.29) is 12.1 Å². The quantitative estimate of drug-likeness (QED) is 0.656. The highest BCUT2D eigenvalue weighted by atomic mass is 19.4. The molecule has 0 spiro atoms. The minimum Gasteiger partial charge on any atom is -0.313 e. The molecule has 0 saturated heterocycles. The van der Waals surface area contributed by atoms with Gasteiger partial charge in [0.25, 0.3) is 0 Å². The van der Waals surface area contributed by atoms with Crippen molar-refractivity contribution < 1.29 is 17.6 Å². The first-order valence-electron chi connectivity index (χ1n) is 6.50. The molecule has 0 unspecified atom stereocenters. The number of nitrogens with zero attached hydrogens (tertiary/aromatic N) is 2. The average Bonchev–Trinajstić information content (AvgIpc) is 2.90. The lowest BCUT2D eigenvalue weighted by Crippen LogP contribution is -2.17. The van der Waals surface area contributed by atoms with Gasteiger partial charge in [-0.15, -0.1) is 0 Å². The third-order valence-electron chi connectivity index (χ3n) is 2.91. The number of aromatic nitrogens is 2. The number of rotatable bonds is 6. The average molecular weight is 301 g/mol. The zero-order valence-electron chi connectivity index (χ0n) is 11.2. The van der Waals surface area contributed by atoms with Crippen molar-refractivity contribution >= 4 is 0 Å². The Bertz CT molecular complexity index is 564. The first-order chi connectivity index (χ1) is 9.95. The van der Waals surface area contributed by atoms with Crippen molar-refractivity contribution in [2.45, 2.75) is 25.7 Å². The van der Waals surface area contributed by atoms with Gasteiger partial charge in [0.1, 0.15) is 5.82 Å². The molecular formula is C14H15F4N3. The van der Waals surface area contributed by atoms with Gasteiger partial charge in [-0.05, 0) is 42.8 Å². The molecule has 0 bridgehead atoms. The molecule has 2 rings (SSSR count). The van der Waals surface area contributed by atoms with E-state index in [2.05, 4.69) is 10.4 Å². The molecule has 1 heterocycles. The fourth-order valence-electron chi connectivity index (χ4n) is 1.95. The van der Waals surface area contributed by atoms with Crippen molar-refractivity contribution in [2.75, 3.05) is 6.54 Å². The molecule has 0 aliphatic carbocycles. The Balaban J connectivity index is 1.81. The number of alkyl halides is 3. The first kappa shape index (κ1) is 15.5. The number of benzene rings is 1. The summed E-state index contributed by atoms with van der Waals surface area (Å²) >= 11 is 0. The molecule has 1 N–H and O–H groups in total. The topological polar surface area (TPSA) is 29.9 Å². The summed E-state index contributed by atoms with van der Waals surface area (Å²) in [5.41, 5.74) is -0.683. The van der Waals surface area contributed by atoms with E-state index >= 15 is 0 Å². The monoisotopic (exact) mass is 301 g/mol. The number of nitrogens with one attached hydrogen (secondary N) is 1. The summed E-state index contributed by atoms with van der Waals surface area (Å²) in [6, 6.07) is 4.39. The number of hydrogen-bond donors (Lipinski definition) is 1. The van der Waals surface area contributed by atoms with Crippen molar-refractivity contribution in [3.8, 4) is 0 Å². The summed E-state index contributed by atoms with van der Waals surface area (Å²) in [5.74, 6) is -0.877. The molecule has 0 amide bonds. The zero-order valence-corrected chi connectivity index (χ0v) is 11.2. The van der Waals surface area contributed by atoms with Crippen LogP contribution in [0.3, 0.4) is 0 Å². The Morgan fingerprint density at radius 3 is 2.67 bits per heavy atom. The Morgan fingerprint density at radius 1 is 1.19 bits per heavy atom. The fourth-order valence-corrected chi connectivity index (χ4v) is 1.95. The highest BCUT2D eigenvalue weighted by Crippen LogP contribution is 2.30. The Hall–Kier alpha value is -1.89. The van der Waals surface area contributed by atoms with Gasteiger partial charge in [-0.1, -0.05) is 0 Å². The largest absolute Gasteiger partial charge is 0.416 e. The van der Waals surface area contributed by atoms with Gasteiger partial charge < -0.3 is 5.32 Å². The summed E-state index contributed by atoms with van der Waals surface area (Å²) in [6.07, 6.45) is -0.235. The zero-order chi connectivity index (χ0) is 15.3. The second kappa shape index (κ2) is 6.71. The van der Waals surface area contributed by atoms with Gasteiger partial charge >= 0.3 is 6.18 Å². The van der Waals surface area contributed by atoms with Crippen LogP contribution < -0.4 is 5.32 Å². The summed E-state index contributed by atoms with van der Waals surface area (Å²) in [4.78, 5) is 0. The molecule has 1 aromatic carbocycles. The Kier molecular flexibility index (Phi) is 4.95. The number of halogens is 4. The molecule has 1 aromatic heterocycles. The molecule has 0 fully saturated rings. The number of hydrogen-bond acceptors (Lipinski definition) is 2. The van der Waals surface area contributed by atoms with Crippen LogP contribution in [-0.2, 0) is 19.3 Å². The van der Waals surface area contributed by atoms with Crippen LogP contribution >= 0.6 is 0 Å². The van der Waals surface area contributed by atoms with Crippen molar-refractivity contribution in [3.05, 3.63) is 53.6 Å². The van der Waals surface area contributed by atoms with Crippen LogP contribution in [0.1, 0.15) is 17.5 Å². The van der Waals surface area contributed by atoms with E-state index in [1.54, 1.807) is 10.9 Å². The summed E-state index contributed by atoms with van der Waals surface area (Å²) < 4.78 is 52.6. The Morgan fingerprint density at radius 2 is 2.00 bits per heavy atom. The van der Waals surface area contributed by atoms with E-state index in [1.807, 2.05) is 12.3 Å². The normalized spacial score (nSPS) is 11.8. The van der Waals surface area contributed by atoms with Crippen LogP contribution in [0.5, 0.6) is 0 Å². The fraction of sp³-hybridized carbons (Fsp3) is 0.357. The van der Waals surface area contributed by atoms with Gasteiger partial charge in [-0.3, -0.25) is 4.68 Å². The van der Waals surface area contributed by atoms with Crippen LogP contribution in [0, 0.1) is 5.82 Å². The SMILES string of the molecule is Fc1cc(CNCCCn2cccn2)cc(C(F)(F)F)c1. The van der Waals surface area contributed by atoms with Gasteiger partial charge in [0.2, 0.25) is 0 Å². The minimum atomic E-state index is -4.53. The second-order valence-electron chi connectivity index (χ2n) is 4.65. The summed E-state index contributed by atoms with van der Waals surface area (Å²) in [5, 5.41) is 7.03. The van der Waals surface area contributed by atoms with Crippen LogP contribution in [0.4, 0.5) is 17.6 Å². The van der Waals surface area contributed by atoms with E-state index in [4.69, 9.17) is 0 Å². The lowest BCUT2D eigenvalue weighted by Gasteiger charge is -2.10. The highest BCUT2D eigenvalue weighted by molar-refractivity contribution is 5.26. The lowest BCUT2D eigenvalue weighted by atomic mass is 10.1. The Labute approximate surface area is 119 Å². The maximum absolute atomic E-state index is 13.2. The van der Waals surface area contributed by atoms with E-state index in [9.17, 15) is 17.6 Å². The first-order valence-corrected chi connectivity index (χ1v) is 6.50. The van der Waals surface area contributed by atoms with Gasteiger partial charge in [0, 0.05) is 25.5 Å². The highest BCUT2D eigenvalue weighted by Gasteiger charge is 2.31. The standard InChI is InChI=1S/C14H15F4N3/c15-13-8-11(7-12(9-13)14(16,17)18)10-19-3-1-5-21-6-2-4-20-21/h2,4,6-9,19H,1,3,5,10H2. The van der Waals surface area contributed by atoms with Crippen LogP contribution in [0.2, 0.25) is 0 Å². The van der Waals surface area contributed by atoms with Crippen molar-refractivity contribution in [2.24, 2.45) is 0 Å². The van der Waals surface area contributed by atoms with Crippen LogP contribution in [-0.4, -0.2) is 16.3 Å². The van der Waals surface area contributed by atoms with Gasteiger partial charge in [0.15, 0.2) is 0 Å². The summed E-state index contributed by atoms with van der Waals surface area (Å²) in [7, 11) is 0. The molecule has 0 atom stereocenters. The molecule has 3 nitrogen and oxygen atoms in total. The molecule has 0 saturated carbocycles.